The number of aliphatic hydroxyl groups excluding tert-OH is 1. The van der Waals surface area contributed by atoms with Gasteiger partial charge in [0, 0.05) is 45.4 Å². The number of hydrogen-bond acceptors (Lipinski definition) is 7. The van der Waals surface area contributed by atoms with E-state index < -0.39 is 17.7 Å². The summed E-state index contributed by atoms with van der Waals surface area (Å²) in [5.41, 5.74) is 0.0234. The number of H-pyrrole nitrogens is 1. The molecule has 1 aliphatic rings. The Hall–Kier alpha value is -2.92. The lowest BCUT2D eigenvalue weighted by Crippen LogP contribution is -2.48. The molecule has 2 aromatic heterocycles. The van der Waals surface area contributed by atoms with E-state index >= 15 is 0 Å². The topological polar surface area (TPSA) is 99.5 Å². The number of piperazine rings is 1. The molecular formula is C19H21ClF2N6O3. The predicted octanol–water partition coefficient (Wildman–Crippen LogP) is 1.24. The Morgan fingerprint density at radius 3 is 2.48 bits per heavy atom. The molecule has 1 unspecified atom stereocenters. The SMILES string of the molecule is Cn1ncc2c(=O)[nH]c(N3CCN(c4c(F)cc(OC(CO)CCl)cc4F)CC3)nc21. The van der Waals surface area contributed by atoms with Gasteiger partial charge in [-0.05, 0) is 0 Å². The van der Waals surface area contributed by atoms with E-state index in [9.17, 15) is 13.6 Å². The number of alkyl halides is 1. The van der Waals surface area contributed by atoms with Crippen molar-refractivity contribution in [1.82, 2.24) is 19.7 Å². The number of aromatic amines is 1. The Morgan fingerprint density at radius 2 is 1.87 bits per heavy atom. The highest BCUT2D eigenvalue weighted by molar-refractivity contribution is 6.18. The molecule has 1 fully saturated rings. The van der Waals surface area contributed by atoms with Crippen molar-refractivity contribution in [3.63, 3.8) is 0 Å². The van der Waals surface area contributed by atoms with Gasteiger partial charge in [0.25, 0.3) is 5.56 Å². The summed E-state index contributed by atoms with van der Waals surface area (Å²) in [5.74, 6) is -1.19. The summed E-state index contributed by atoms with van der Waals surface area (Å²) in [6.45, 7) is 1.09. The van der Waals surface area contributed by atoms with Gasteiger partial charge in [-0.2, -0.15) is 10.1 Å². The summed E-state index contributed by atoms with van der Waals surface area (Å²) in [6, 6.07) is 2.16. The number of aliphatic hydroxyl groups is 1. The minimum absolute atomic E-state index is 0.00974. The monoisotopic (exact) mass is 454 g/mol. The third-order valence-electron chi connectivity index (χ3n) is 5.15. The molecule has 166 valence electrons. The van der Waals surface area contributed by atoms with Gasteiger partial charge in [0.05, 0.1) is 18.7 Å². The fraction of sp³-hybridized carbons (Fsp3) is 0.421. The van der Waals surface area contributed by atoms with E-state index in [1.54, 1.807) is 11.9 Å². The van der Waals surface area contributed by atoms with Gasteiger partial charge >= 0.3 is 0 Å². The molecule has 0 bridgehead atoms. The summed E-state index contributed by atoms with van der Waals surface area (Å²) < 4.78 is 36.2. The largest absolute Gasteiger partial charge is 0.487 e. The zero-order chi connectivity index (χ0) is 22.1. The van der Waals surface area contributed by atoms with E-state index in [0.717, 1.165) is 12.1 Å². The summed E-state index contributed by atoms with van der Waals surface area (Å²) in [4.78, 5) is 22.9. The summed E-state index contributed by atoms with van der Waals surface area (Å²) >= 11 is 5.64. The first-order valence-corrected chi connectivity index (χ1v) is 10.2. The van der Waals surface area contributed by atoms with Crippen LogP contribution in [0, 0.1) is 11.6 Å². The minimum atomic E-state index is -0.766. The molecule has 0 radical (unpaired) electrons. The number of ether oxygens (including phenoxy) is 1. The minimum Gasteiger partial charge on any atom is -0.487 e. The van der Waals surface area contributed by atoms with Crippen LogP contribution < -0.4 is 20.1 Å². The van der Waals surface area contributed by atoms with Gasteiger partial charge in [0.1, 0.15) is 22.9 Å². The van der Waals surface area contributed by atoms with Crippen molar-refractivity contribution in [2.45, 2.75) is 6.10 Å². The number of anilines is 2. The molecule has 1 aliphatic heterocycles. The highest BCUT2D eigenvalue weighted by Crippen LogP contribution is 2.30. The summed E-state index contributed by atoms with van der Waals surface area (Å²) in [7, 11) is 1.70. The van der Waals surface area contributed by atoms with Crippen LogP contribution >= 0.6 is 11.6 Å². The standard InChI is InChI=1S/C19H21ClF2N6O3/c1-26-17-13(9-23-26)18(30)25-19(24-17)28-4-2-27(3-5-28)16-14(21)6-11(7-15(16)22)31-12(8-20)10-29/h6-7,9,12,29H,2-5,8,10H2,1H3,(H,24,25,30). The van der Waals surface area contributed by atoms with E-state index in [2.05, 4.69) is 15.1 Å². The van der Waals surface area contributed by atoms with Crippen LogP contribution in [0.1, 0.15) is 0 Å². The number of fused-ring (bicyclic) bond motifs is 1. The smallest absolute Gasteiger partial charge is 0.263 e. The average Bonchev–Trinajstić information content (AvgIpc) is 3.13. The zero-order valence-electron chi connectivity index (χ0n) is 16.7. The molecule has 31 heavy (non-hydrogen) atoms. The molecule has 3 aromatic rings. The van der Waals surface area contributed by atoms with E-state index in [4.69, 9.17) is 21.4 Å². The van der Waals surface area contributed by atoms with Gasteiger partial charge in [-0.25, -0.2) is 8.78 Å². The normalized spacial score (nSPS) is 15.5. The summed E-state index contributed by atoms with van der Waals surface area (Å²) in [6.07, 6.45) is 0.707. The molecule has 12 heteroatoms. The lowest BCUT2D eigenvalue weighted by molar-refractivity contribution is 0.131. The van der Waals surface area contributed by atoms with Crippen LogP contribution in [-0.2, 0) is 7.05 Å². The van der Waals surface area contributed by atoms with Crippen LogP contribution in [0.25, 0.3) is 11.0 Å². The van der Waals surface area contributed by atoms with E-state index in [1.165, 1.54) is 10.9 Å². The first-order chi connectivity index (χ1) is 14.9. The van der Waals surface area contributed by atoms with E-state index in [-0.39, 0.29) is 29.5 Å². The molecule has 1 saturated heterocycles. The molecule has 1 atom stereocenters. The Bertz CT molecular complexity index is 1120. The fourth-order valence-electron chi connectivity index (χ4n) is 3.54. The second-order valence-corrected chi connectivity index (χ2v) is 7.49. The number of benzene rings is 1. The Kier molecular flexibility index (Phi) is 5.96. The molecule has 0 spiro atoms. The summed E-state index contributed by atoms with van der Waals surface area (Å²) in [5, 5.41) is 13.6. The van der Waals surface area contributed by atoms with Crippen molar-refractivity contribution in [2.75, 3.05) is 48.5 Å². The molecule has 4 rings (SSSR count). The first-order valence-electron chi connectivity index (χ1n) is 9.65. The molecule has 0 amide bonds. The lowest BCUT2D eigenvalue weighted by Gasteiger charge is -2.36. The van der Waals surface area contributed by atoms with Crippen LogP contribution in [0.4, 0.5) is 20.4 Å². The quantitative estimate of drug-likeness (QED) is 0.540. The van der Waals surface area contributed by atoms with Crippen LogP contribution in [-0.4, -0.2) is 69.6 Å². The zero-order valence-corrected chi connectivity index (χ0v) is 17.4. The van der Waals surface area contributed by atoms with Crippen LogP contribution in [0.5, 0.6) is 5.75 Å². The van der Waals surface area contributed by atoms with Crippen molar-refractivity contribution >= 4 is 34.3 Å². The second kappa shape index (κ2) is 8.67. The average molecular weight is 455 g/mol. The third kappa shape index (κ3) is 4.15. The predicted molar refractivity (Wildman–Crippen MR) is 112 cm³/mol. The van der Waals surface area contributed by atoms with Crippen molar-refractivity contribution in [3.05, 3.63) is 40.3 Å². The van der Waals surface area contributed by atoms with Gasteiger partial charge in [-0.15, -0.1) is 11.6 Å². The number of aromatic nitrogens is 4. The number of halogens is 3. The Balaban J connectivity index is 1.50. The highest BCUT2D eigenvalue weighted by atomic mass is 35.5. The number of rotatable bonds is 6. The van der Waals surface area contributed by atoms with Gasteiger partial charge < -0.3 is 19.6 Å². The van der Waals surface area contributed by atoms with E-state index in [1.807, 2.05) is 4.90 Å². The molecule has 9 nitrogen and oxygen atoms in total. The van der Waals surface area contributed by atoms with Crippen molar-refractivity contribution in [1.29, 1.82) is 0 Å². The lowest BCUT2D eigenvalue weighted by atomic mass is 10.2. The van der Waals surface area contributed by atoms with Crippen molar-refractivity contribution < 1.29 is 18.6 Å². The molecule has 0 aliphatic carbocycles. The second-order valence-electron chi connectivity index (χ2n) is 7.18. The van der Waals surface area contributed by atoms with Crippen LogP contribution in [0.15, 0.2) is 23.1 Å². The molecular weight excluding hydrogens is 434 g/mol. The maximum absolute atomic E-state index is 14.7. The van der Waals surface area contributed by atoms with Gasteiger partial charge in [0.2, 0.25) is 5.95 Å². The number of hydrogen-bond donors (Lipinski definition) is 2. The molecule has 0 saturated carbocycles. The van der Waals surface area contributed by atoms with Crippen LogP contribution in [0.3, 0.4) is 0 Å². The van der Waals surface area contributed by atoms with Gasteiger partial charge in [0.15, 0.2) is 17.3 Å². The number of aryl methyl sites for hydroxylation is 1. The third-order valence-corrected chi connectivity index (χ3v) is 5.50. The molecule has 3 heterocycles. The number of nitrogens with one attached hydrogen (secondary N) is 1. The maximum atomic E-state index is 14.7. The Morgan fingerprint density at radius 1 is 1.23 bits per heavy atom. The Labute approximate surface area is 180 Å². The highest BCUT2D eigenvalue weighted by Gasteiger charge is 2.25. The fourth-order valence-corrected chi connectivity index (χ4v) is 3.70. The van der Waals surface area contributed by atoms with Crippen LogP contribution in [0.2, 0.25) is 0 Å². The van der Waals surface area contributed by atoms with Gasteiger partial charge in [-0.3, -0.25) is 14.5 Å². The van der Waals surface area contributed by atoms with Crippen molar-refractivity contribution in [3.8, 4) is 5.75 Å². The van der Waals surface area contributed by atoms with E-state index in [0.29, 0.717) is 43.2 Å². The number of nitrogens with zero attached hydrogens (tertiary/aromatic N) is 5. The molecule has 1 aromatic carbocycles. The molecule has 2 N–H and O–H groups in total. The first kappa shape index (κ1) is 21.3. The van der Waals surface area contributed by atoms with Gasteiger partial charge in [-0.1, -0.05) is 0 Å². The van der Waals surface area contributed by atoms with Crippen molar-refractivity contribution in [2.24, 2.45) is 7.05 Å². The maximum Gasteiger partial charge on any atom is 0.263 e.